The number of fused-ring (bicyclic) bond motifs is 1. The van der Waals surface area contributed by atoms with Gasteiger partial charge in [0.25, 0.3) is 0 Å². The number of benzene rings is 1. The lowest BCUT2D eigenvalue weighted by molar-refractivity contribution is 0.756. The minimum absolute atomic E-state index is 0.712. The van der Waals surface area contributed by atoms with E-state index in [2.05, 4.69) is 38.9 Å². The fraction of sp³-hybridized carbons (Fsp3) is 0.267. The second-order valence-corrected chi connectivity index (χ2v) is 4.98. The summed E-state index contributed by atoms with van der Waals surface area (Å²) in [5.41, 5.74) is 2.17. The lowest BCUT2D eigenvalue weighted by Gasteiger charge is -2.19. The molecule has 0 fully saturated rings. The van der Waals surface area contributed by atoms with E-state index in [-0.39, 0.29) is 0 Å². The van der Waals surface area contributed by atoms with Crippen molar-refractivity contribution in [3.63, 3.8) is 0 Å². The quantitative estimate of drug-likeness (QED) is 0.730. The highest BCUT2D eigenvalue weighted by Crippen LogP contribution is 2.24. The molecule has 0 amide bonds. The predicted octanol–water partition coefficient (Wildman–Crippen LogP) is 2.31. The first-order chi connectivity index (χ1) is 9.66. The first-order valence-electron chi connectivity index (χ1n) is 6.54. The molecule has 0 unspecified atom stereocenters. The van der Waals surface area contributed by atoms with E-state index < -0.39 is 0 Å². The van der Waals surface area contributed by atoms with Crippen LogP contribution in [0.2, 0.25) is 0 Å². The van der Waals surface area contributed by atoms with E-state index in [0.29, 0.717) is 6.54 Å². The summed E-state index contributed by atoms with van der Waals surface area (Å²) < 4.78 is 2.02. The number of rotatable bonds is 3. The van der Waals surface area contributed by atoms with Crippen molar-refractivity contribution >= 4 is 16.7 Å². The lowest BCUT2D eigenvalue weighted by Crippen LogP contribution is -2.20. The van der Waals surface area contributed by atoms with Crippen LogP contribution in [-0.4, -0.2) is 26.6 Å². The molecular formula is C15H17N5. The molecule has 0 spiro atoms. The molecule has 0 N–H and O–H groups in total. The van der Waals surface area contributed by atoms with Crippen molar-refractivity contribution in [3.05, 3.63) is 48.3 Å². The van der Waals surface area contributed by atoms with Gasteiger partial charge in [0.2, 0.25) is 0 Å². The average molecular weight is 267 g/mol. The molecule has 3 rings (SSSR count). The van der Waals surface area contributed by atoms with Gasteiger partial charge < -0.3 is 9.47 Å². The number of hydrogen-bond donors (Lipinski definition) is 0. The van der Waals surface area contributed by atoms with Crippen LogP contribution in [0.15, 0.2) is 36.9 Å². The van der Waals surface area contributed by atoms with Gasteiger partial charge in [0, 0.05) is 31.9 Å². The van der Waals surface area contributed by atoms with E-state index in [4.69, 9.17) is 0 Å². The molecule has 20 heavy (non-hydrogen) atoms. The van der Waals surface area contributed by atoms with Crippen LogP contribution in [0.25, 0.3) is 10.9 Å². The molecule has 1 aromatic carbocycles. The monoisotopic (exact) mass is 267 g/mol. The molecule has 0 bridgehead atoms. The number of aryl methyl sites for hydroxylation is 2. The molecule has 2 heterocycles. The van der Waals surface area contributed by atoms with Gasteiger partial charge in [-0.15, -0.1) is 0 Å². The standard InChI is InChI=1S/C15H17N5/c1-11-5-4-6-12-14(11)17-10-18-15(12)20(3)9-13-16-7-8-19(13)2/h4-8,10H,9H2,1-3H3. The highest BCUT2D eigenvalue weighted by molar-refractivity contribution is 5.91. The second-order valence-electron chi connectivity index (χ2n) is 4.98. The van der Waals surface area contributed by atoms with E-state index >= 15 is 0 Å². The van der Waals surface area contributed by atoms with Crippen LogP contribution in [0.5, 0.6) is 0 Å². The molecule has 3 aromatic rings. The summed E-state index contributed by atoms with van der Waals surface area (Å²) in [7, 11) is 4.02. The SMILES string of the molecule is Cc1cccc2c(N(C)Cc3nccn3C)ncnc12. The Kier molecular flexibility index (Phi) is 3.10. The van der Waals surface area contributed by atoms with Crippen LogP contribution >= 0.6 is 0 Å². The molecule has 102 valence electrons. The third-order valence-corrected chi connectivity index (χ3v) is 3.51. The van der Waals surface area contributed by atoms with Crippen molar-refractivity contribution in [1.82, 2.24) is 19.5 Å². The zero-order valence-corrected chi connectivity index (χ0v) is 11.9. The van der Waals surface area contributed by atoms with E-state index in [9.17, 15) is 0 Å². The third-order valence-electron chi connectivity index (χ3n) is 3.51. The van der Waals surface area contributed by atoms with Gasteiger partial charge in [-0.05, 0) is 18.6 Å². The number of anilines is 1. The molecular weight excluding hydrogens is 250 g/mol. The molecule has 0 aliphatic rings. The van der Waals surface area contributed by atoms with Gasteiger partial charge in [-0.1, -0.05) is 12.1 Å². The van der Waals surface area contributed by atoms with Crippen molar-refractivity contribution in [2.45, 2.75) is 13.5 Å². The second kappa shape index (κ2) is 4.92. The first-order valence-corrected chi connectivity index (χ1v) is 6.54. The van der Waals surface area contributed by atoms with E-state index in [1.165, 1.54) is 0 Å². The summed E-state index contributed by atoms with van der Waals surface area (Å²) in [6.07, 6.45) is 5.39. The summed E-state index contributed by atoms with van der Waals surface area (Å²) in [6.45, 7) is 2.78. The van der Waals surface area contributed by atoms with Crippen molar-refractivity contribution in [2.24, 2.45) is 7.05 Å². The predicted molar refractivity (Wildman–Crippen MR) is 79.6 cm³/mol. The summed E-state index contributed by atoms with van der Waals surface area (Å²) in [5, 5.41) is 1.07. The first kappa shape index (κ1) is 12.6. The third kappa shape index (κ3) is 2.11. The fourth-order valence-corrected chi connectivity index (χ4v) is 2.36. The van der Waals surface area contributed by atoms with Gasteiger partial charge in [-0.25, -0.2) is 15.0 Å². The Morgan fingerprint density at radius 2 is 2.05 bits per heavy atom. The average Bonchev–Trinajstić information content (AvgIpc) is 2.84. The Morgan fingerprint density at radius 1 is 1.20 bits per heavy atom. The van der Waals surface area contributed by atoms with Crippen molar-refractivity contribution in [1.29, 1.82) is 0 Å². The van der Waals surface area contributed by atoms with Gasteiger partial charge in [0.15, 0.2) is 0 Å². The summed E-state index contributed by atoms with van der Waals surface area (Å²) in [6, 6.07) is 6.17. The van der Waals surface area contributed by atoms with Crippen LogP contribution in [0.4, 0.5) is 5.82 Å². The van der Waals surface area contributed by atoms with Gasteiger partial charge >= 0.3 is 0 Å². The van der Waals surface area contributed by atoms with Crippen LogP contribution in [0.1, 0.15) is 11.4 Å². The number of imidazole rings is 1. The Bertz CT molecular complexity index is 747. The zero-order valence-electron chi connectivity index (χ0n) is 11.9. The van der Waals surface area contributed by atoms with Crippen molar-refractivity contribution in [2.75, 3.05) is 11.9 Å². The largest absolute Gasteiger partial charge is 0.352 e. The van der Waals surface area contributed by atoms with Crippen LogP contribution in [0, 0.1) is 6.92 Å². The lowest BCUT2D eigenvalue weighted by atomic mass is 10.1. The minimum atomic E-state index is 0.712. The van der Waals surface area contributed by atoms with Gasteiger partial charge in [-0.2, -0.15) is 0 Å². The smallest absolute Gasteiger partial charge is 0.140 e. The highest BCUT2D eigenvalue weighted by Gasteiger charge is 2.11. The van der Waals surface area contributed by atoms with E-state index in [0.717, 1.165) is 28.1 Å². The van der Waals surface area contributed by atoms with Gasteiger partial charge in [0.05, 0.1) is 12.1 Å². The molecule has 0 atom stereocenters. The molecule has 0 saturated carbocycles. The van der Waals surface area contributed by atoms with Crippen LogP contribution in [0.3, 0.4) is 0 Å². The topological polar surface area (TPSA) is 46.8 Å². The highest BCUT2D eigenvalue weighted by atomic mass is 15.2. The number of aromatic nitrogens is 4. The summed E-state index contributed by atoms with van der Waals surface area (Å²) >= 11 is 0. The summed E-state index contributed by atoms with van der Waals surface area (Å²) in [5.74, 6) is 1.94. The van der Waals surface area contributed by atoms with Crippen LogP contribution in [-0.2, 0) is 13.6 Å². The number of hydrogen-bond acceptors (Lipinski definition) is 4. The normalized spacial score (nSPS) is 10.9. The Morgan fingerprint density at radius 3 is 2.80 bits per heavy atom. The van der Waals surface area contributed by atoms with E-state index in [1.54, 1.807) is 6.33 Å². The molecule has 0 aliphatic heterocycles. The molecule has 2 aromatic heterocycles. The molecule has 5 nitrogen and oxygen atoms in total. The molecule has 0 saturated heterocycles. The minimum Gasteiger partial charge on any atom is -0.352 e. The molecule has 0 radical (unpaired) electrons. The summed E-state index contributed by atoms with van der Waals surface area (Å²) in [4.78, 5) is 15.3. The molecule has 0 aliphatic carbocycles. The fourth-order valence-electron chi connectivity index (χ4n) is 2.36. The van der Waals surface area contributed by atoms with Crippen molar-refractivity contribution < 1.29 is 0 Å². The molecule has 5 heteroatoms. The Labute approximate surface area is 117 Å². The van der Waals surface area contributed by atoms with E-state index in [1.807, 2.05) is 37.1 Å². The van der Waals surface area contributed by atoms with Crippen LogP contribution < -0.4 is 4.90 Å². The van der Waals surface area contributed by atoms with Gasteiger partial charge in [-0.3, -0.25) is 0 Å². The maximum absolute atomic E-state index is 4.44. The number of para-hydroxylation sites is 1. The Balaban J connectivity index is 2.02. The zero-order chi connectivity index (χ0) is 14.1. The van der Waals surface area contributed by atoms with Gasteiger partial charge in [0.1, 0.15) is 18.0 Å². The maximum atomic E-state index is 4.44. The maximum Gasteiger partial charge on any atom is 0.140 e. The van der Waals surface area contributed by atoms with Crippen molar-refractivity contribution in [3.8, 4) is 0 Å². The number of nitrogens with zero attached hydrogens (tertiary/aromatic N) is 5. The Hall–Kier alpha value is -2.43.